The van der Waals surface area contributed by atoms with E-state index in [1.54, 1.807) is 10.6 Å². The Bertz CT molecular complexity index is 1560. The van der Waals surface area contributed by atoms with E-state index in [1.165, 1.54) is 12.1 Å². The Hall–Kier alpha value is -3.78. The number of para-hydroxylation sites is 2. The second-order valence-electron chi connectivity index (χ2n) is 7.51. The van der Waals surface area contributed by atoms with Crippen molar-refractivity contribution in [3.63, 3.8) is 0 Å². The summed E-state index contributed by atoms with van der Waals surface area (Å²) < 4.78 is 42.3. The first-order valence-corrected chi connectivity index (χ1v) is 11.5. The van der Waals surface area contributed by atoms with Crippen LogP contribution in [0.5, 0.6) is 0 Å². The van der Waals surface area contributed by atoms with Crippen LogP contribution in [0.4, 0.5) is 10.2 Å². The quantitative estimate of drug-likeness (QED) is 0.403. The van der Waals surface area contributed by atoms with Gasteiger partial charge in [-0.05, 0) is 48.9 Å². The van der Waals surface area contributed by atoms with Crippen LogP contribution in [0.25, 0.3) is 22.2 Å². The number of anilines is 1. The molecule has 6 nitrogen and oxygen atoms in total. The van der Waals surface area contributed by atoms with E-state index >= 15 is 0 Å². The van der Waals surface area contributed by atoms with Gasteiger partial charge in [-0.3, -0.25) is 0 Å². The number of halogens is 1. The highest BCUT2D eigenvalue weighted by atomic mass is 32.2. The van der Waals surface area contributed by atoms with Gasteiger partial charge in [-0.25, -0.2) is 22.8 Å². The molecule has 3 aromatic carbocycles. The predicted octanol–water partition coefficient (Wildman–Crippen LogP) is 4.75. The molecule has 1 atom stereocenters. The van der Waals surface area contributed by atoms with E-state index in [1.807, 2.05) is 55.5 Å². The fourth-order valence-corrected chi connectivity index (χ4v) is 5.42. The Labute approximate surface area is 184 Å². The summed E-state index contributed by atoms with van der Waals surface area (Å²) in [6.45, 7) is 1.93. The maximum Gasteiger partial charge on any atom is 0.212 e. The van der Waals surface area contributed by atoms with Crippen LogP contribution in [-0.2, 0) is 9.84 Å². The van der Waals surface area contributed by atoms with Gasteiger partial charge in [-0.2, -0.15) is 0 Å². The molecule has 2 aromatic heterocycles. The van der Waals surface area contributed by atoms with Gasteiger partial charge in [0.1, 0.15) is 22.0 Å². The molecule has 0 amide bonds. The Morgan fingerprint density at radius 1 is 0.875 bits per heavy atom. The van der Waals surface area contributed by atoms with Gasteiger partial charge in [0.05, 0.1) is 22.0 Å². The first-order valence-electron chi connectivity index (χ1n) is 9.99. The molecule has 160 valence electrons. The first-order chi connectivity index (χ1) is 15.4. The molecule has 32 heavy (non-hydrogen) atoms. The van der Waals surface area contributed by atoms with Crippen LogP contribution in [0.15, 0.2) is 88.7 Å². The van der Waals surface area contributed by atoms with Crippen LogP contribution < -0.4 is 5.73 Å². The summed E-state index contributed by atoms with van der Waals surface area (Å²) >= 11 is 0. The number of rotatable bonds is 4. The number of aromatic nitrogens is 3. The van der Waals surface area contributed by atoms with Crippen molar-refractivity contribution in [2.45, 2.75) is 22.8 Å². The van der Waals surface area contributed by atoms with E-state index in [9.17, 15) is 12.8 Å². The van der Waals surface area contributed by atoms with Crippen molar-refractivity contribution in [2.24, 2.45) is 0 Å². The molecule has 0 aliphatic heterocycles. The Balaban J connectivity index is 1.86. The van der Waals surface area contributed by atoms with Crippen molar-refractivity contribution in [2.75, 3.05) is 5.73 Å². The van der Waals surface area contributed by atoms with Crippen LogP contribution in [0, 0.1) is 5.82 Å². The van der Waals surface area contributed by atoms with Crippen LogP contribution in [0.2, 0.25) is 0 Å². The minimum atomic E-state index is -4.09. The second-order valence-corrected chi connectivity index (χ2v) is 9.40. The number of hydrogen-bond donors (Lipinski definition) is 1. The summed E-state index contributed by atoms with van der Waals surface area (Å²) in [4.78, 5) is 9.16. The van der Waals surface area contributed by atoms with E-state index in [0.29, 0.717) is 16.7 Å². The van der Waals surface area contributed by atoms with Crippen molar-refractivity contribution < 1.29 is 12.8 Å². The monoisotopic (exact) mass is 446 g/mol. The third kappa shape index (κ3) is 3.11. The molecule has 5 rings (SSSR count). The summed E-state index contributed by atoms with van der Waals surface area (Å²) in [5, 5.41) is 0. The normalized spacial score (nSPS) is 12.9. The molecule has 8 heteroatoms. The number of nitrogen functional groups attached to an aromatic ring is 1. The van der Waals surface area contributed by atoms with E-state index in [2.05, 4.69) is 4.98 Å². The average molecular weight is 447 g/mol. The highest BCUT2D eigenvalue weighted by molar-refractivity contribution is 7.92. The van der Waals surface area contributed by atoms with Crippen molar-refractivity contribution >= 4 is 37.9 Å². The van der Waals surface area contributed by atoms with E-state index in [-0.39, 0.29) is 27.2 Å². The molecule has 0 radical (unpaired) electrons. The summed E-state index contributed by atoms with van der Waals surface area (Å²) in [6, 6.07) is 21.2. The van der Waals surface area contributed by atoms with E-state index < -0.39 is 15.7 Å². The fourth-order valence-electron chi connectivity index (χ4n) is 3.93. The smallest absolute Gasteiger partial charge is 0.212 e. The molecular weight excluding hydrogens is 427 g/mol. The Morgan fingerprint density at radius 3 is 2.12 bits per heavy atom. The topological polar surface area (TPSA) is 90.9 Å². The van der Waals surface area contributed by atoms with Gasteiger partial charge in [0.2, 0.25) is 9.84 Å². The van der Waals surface area contributed by atoms with E-state index in [0.717, 1.165) is 17.7 Å². The van der Waals surface area contributed by atoms with Crippen molar-refractivity contribution in [3.05, 3.63) is 90.2 Å². The number of nitrogens with zero attached hydrogens (tertiary/aromatic N) is 3. The second kappa shape index (κ2) is 7.42. The minimum absolute atomic E-state index is 0.0379. The fraction of sp³-hybridized carbons (Fsp3) is 0.0833. The molecule has 0 saturated carbocycles. The van der Waals surface area contributed by atoms with Crippen LogP contribution in [-0.4, -0.2) is 23.0 Å². The maximum atomic E-state index is 13.6. The van der Waals surface area contributed by atoms with Crippen LogP contribution >= 0.6 is 0 Å². The first kappa shape index (κ1) is 20.1. The maximum absolute atomic E-state index is 13.6. The summed E-state index contributed by atoms with van der Waals surface area (Å²) in [5.41, 5.74) is 9.19. The lowest BCUT2D eigenvalue weighted by atomic mass is 10.1. The number of sulfone groups is 1. The van der Waals surface area contributed by atoms with Crippen molar-refractivity contribution in [1.82, 2.24) is 14.5 Å². The van der Waals surface area contributed by atoms with Gasteiger partial charge in [0.25, 0.3) is 0 Å². The molecule has 5 aromatic rings. The number of nitrogens with two attached hydrogens (primary N) is 1. The predicted molar refractivity (Wildman–Crippen MR) is 122 cm³/mol. The van der Waals surface area contributed by atoms with Gasteiger partial charge in [-0.15, -0.1) is 0 Å². The zero-order valence-corrected chi connectivity index (χ0v) is 17.9. The van der Waals surface area contributed by atoms with E-state index in [4.69, 9.17) is 10.7 Å². The number of benzene rings is 3. The average Bonchev–Trinajstić information content (AvgIpc) is 3.09. The van der Waals surface area contributed by atoms with Crippen LogP contribution in [0.3, 0.4) is 0 Å². The molecule has 0 fully saturated rings. The number of hydrogen-bond acceptors (Lipinski definition) is 5. The lowest BCUT2D eigenvalue weighted by molar-refractivity contribution is 0.594. The molecule has 0 aliphatic rings. The summed E-state index contributed by atoms with van der Waals surface area (Å²) in [6.07, 6.45) is 0. The zero-order valence-electron chi connectivity index (χ0n) is 17.1. The van der Waals surface area contributed by atoms with Gasteiger partial charge >= 0.3 is 0 Å². The largest absolute Gasteiger partial charge is 0.384 e. The Morgan fingerprint density at radius 2 is 1.47 bits per heavy atom. The van der Waals surface area contributed by atoms with Crippen molar-refractivity contribution in [1.29, 1.82) is 0 Å². The van der Waals surface area contributed by atoms with Gasteiger partial charge in [0.15, 0.2) is 5.65 Å². The Kier molecular flexibility index (Phi) is 4.67. The highest BCUT2D eigenvalue weighted by Crippen LogP contribution is 2.38. The SMILES string of the molecule is CC(c1ccccc1)n1c(N)c(S(=O)(=O)c2ccc(F)cc2)c2nc3ccccc3nc21. The number of fused-ring (bicyclic) bond motifs is 2. The van der Waals surface area contributed by atoms with Gasteiger partial charge in [0, 0.05) is 0 Å². The molecule has 0 saturated heterocycles. The van der Waals surface area contributed by atoms with Gasteiger partial charge in [-0.1, -0.05) is 42.5 Å². The lowest BCUT2D eigenvalue weighted by Gasteiger charge is -2.17. The van der Waals surface area contributed by atoms with Crippen molar-refractivity contribution in [3.8, 4) is 0 Å². The summed E-state index contributed by atoms with van der Waals surface area (Å²) in [7, 11) is -4.09. The zero-order chi connectivity index (χ0) is 22.5. The third-order valence-corrected chi connectivity index (χ3v) is 7.38. The standard InChI is InChI=1S/C24H19FN4O2S/c1-15(16-7-3-2-4-8-16)29-23(26)22(32(30,31)18-13-11-17(25)12-14-18)21-24(29)28-20-10-6-5-9-19(20)27-21/h2-15H,26H2,1H3. The molecule has 2 heterocycles. The molecule has 0 spiro atoms. The summed E-state index contributed by atoms with van der Waals surface area (Å²) in [5.74, 6) is -0.487. The van der Waals surface area contributed by atoms with Gasteiger partial charge < -0.3 is 10.3 Å². The van der Waals surface area contributed by atoms with Crippen LogP contribution in [0.1, 0.15) is 18.5 Å². The molecule has 1 unspecified atom stereocenters. The molecule has 2 N–H and O–H groups in total. The molecule has 0 bridgehead atoms. The minimum Gasteiger partial charge on any atom is -0.384 e. The molecule has 0 aliphatic carbocycles. The third-order valence-electron chi connectivity index (χ3n) is 5.55. The highest BCUT2D eigenvalue weighted by Gasteiger charge is 2.31. The molecular formula is C24H19FN4O2S. The lowest BCUT2D eigenvalue weighted by Crippen LogP contribution is -2.12.